The second-order valence-corrected chi connectivity index (χ2v) is 5.68. The SMILES string of the molecule is CC1CCC(Nc2ccc(Br)cc2CN)C1. The van der Waals surface area contributed by atoms with Crippen molar-refractivity contribution in [3.63, 3.8) is 0 Å². The molecule has 16 heavy (non-hydrogen) atoms. The molecule has 0 heterocycles. The molecule has 3 N–H and O–H groups in total. The highest BCUT2D eigenvalue weighted by atomic mass is 79.9. The Bertz CT molecular complexity index is 365. The van der Waals surface area contributed by atoms with Crippen LogP contribution in [0.15, 0.2) is 22.7 Å². The Kier molecular flexibility index (Phi) is 3.87. The fraction of sp³-hybridized carbons (Fsp3) is 0.538. The molecule has 1 saturated carbocycles. The summed E-state index contributed by atoms with van der Waals surface area (Å²) in [4.78, 5) is 0. The number of nitrogens with one attached hydrogen (secondary N) is 1. The highest BCUT2D eigenvalue weighted by molar-refractivity contribution is 9.10. The van der Waals surface area contributed by atoms with Crippen LogP contribution in [0.3, 0.4) is 0 Å². The second kappa shape index (κ2) is 5.19. The molecule has 1 fully saturated rings. The molecule has 2 rings (SSSR count). The number of halogens is 1. The van der Waals surface area contributed by atoms with Crippen LogP contribution in [0, 0.1) is 5.92 Å². The lowest BCUT2D eigenvalue weighted by Gasteiger charge is -2.17. The first-order chi connectivity index (χ1) is 7.69. The van der Waals surface area contributed by atoms with Crippen molar-refractivity contribution in [3.8, 4) is 0 Å². The van der Waals surface area contributed by atoms with E-state index in [1.165, 1.54) is 30.5 Å². The summed E-state index contributed by atoms with van der Waals surface area (Å²) >= 11 is 3.48. The Morgan fingerprint density at radius 3 is 2.88 bits per heavy atom. The van der Waals surface area contributed by atoms with E-state index in [1.54, 1.807) is 0 Å². The Morgan fingerprint density at radius 2 is 2.25 bits per heavy atom. The van der Waals surface area contributed by atoms with E-state index in [4.69, 9.17) is 5.73 Å². The van der Waals surface area contributed by atoms with Crippen molar-refractivity contribution in [1.29, 1.82) is 0 Å². The van der Waals surface area contributed by atoms with E-state index in [2.05, 4.69) is 46.4 Å². The van der Waals surface area contributed by atoms with Gasteiger partial charge in [-0.05, 0) is 48.9 Å². The number of nitrogens with two attached hydrogens (primary N) is 1. The first kappa shape index (κ1) is 11.9. The minimum absolute atomic E-state index is 0.587. The summed E-state index contributed by atoms with van der Waals surface area (Å²) in [6.07, 6.45) is 3.90. The molecular weight excluding hydrogens is 264 g/mol. The molecule has 3 heteroatoms. The minimum Gasteiger partial charge on any atom is -0.382 e. The van der Waals surface area contributed by atoms with Gasteiger partial charge in [0, 0.05) is 22.7 Å². The number of hydrogen-bond acceptors (Lipinski definition) is 2. The van der Waals surface area contributed by atoms with Crippen LogP contribution in [0.5, 0.6) is 0 Å². The normalized spacial score (nSPS) is 24.7. The summed E-state index contributed by atoms with van der Waals surface area (Å²) in [5, 5.41) is 3.62. The molecule has 0 amide bonds. The van der Waals surface area contributed by atoms with Gasteiger partial charge in [0.05, 0.1) is 0 Å². The van der Waals surface area contributed by atoms with Crippen LogP contribution in [0.2, 0.25) is 0 Å². The first-order valence-electron chi connectivity index (χ1n) is 5.94. The van der Waals surface area contributed by atoms with Crippen LogP contribution >= 0.6 is 15.9 Å². The standard InChI is InChI=1S/C13H19BrN2/c1-9-2-4-12(6-9)16-13-5-3-11(14)7-10(13)8-15/h3,5,7,9,12,16H,2,4,6,8,15H2,1H3. The van der Waals surface area contributed by atoms with E-state index < -0.39 is 0 Å². The van der Waals surface area contributed by atoms with E-state index in [0.29, 0.717) is 12.6 Å². The Hall–Kier alpha value is -0.540. The molecule has 2 atom stereocenters. The third-order valence-corrected chi connectivity index (χ3v) is 3.83. The van der Waals surface area contributed by atoms with Crippen molar-refractivity contribution < 1.29 is 0 Å². The van der Waals surface area contributed by atoms with Gasteiger partial charge in [-0.15, -0.1) is 0 Å². The Labute approximate surface area is 106 Å². The summed E-state index contributed by atoms with van der Waals surface area (Å²) < 4.78 is 1.10. The van der Waals surface area contributed by atoms with E-state index >= 15 is 0 Å². The molecule has 0 saturated heterocycles. The maximum atomic E-state index is 5.76. The van der Waals surface area contributed by atoms with Gasteiger partial charge >= 0.3 is 0 Å². The second-order valence-electron chi connectivity index (χ2n) is 4.77. The smallest absolute Gasteiger partial charge is 0.0388 e. The van der Waals surface area contributed by atoms with Gasteiger partial charge in [0.2, 0.25) is 0 Å². The molecule has 2 unspecified atom stereocenters. The zero-order valence-electron chi connectivity index (χ0n) is 9.67. The third-order valence-electron chi connectivity index (χ3n) is 3.34. The highest BCUT2D eigenvalue weighted by Crippen LogP contribution is 2.29. The van der Waals surface area contributed by atoms with Crippen LogP contribution < -0.4 is 11.1 Å². The minimum atomic E-state index is 0.587. The summed E-state index contributed by atoms with van der Waals surface area (Å²) in [5.41, 5.74) is 8.15. The molecule has 1 aliphatic carbocycles. The van der Waals surface area contributed by atoms with Crippen molar-refractivity contribution >= 4 is 21.6 Å². The van der Waals surface area contributed by atoms with E-state index in [0.717, 1.165) is 10.4 Å². The third kappa shape index (κ3) is 2.77. The lowest BCUT2D eigenvalue weighted by Crippen LogP contribution is -2.17. The molecule has 0 aromatic heterocycles. The van der Waals surface area contributed by atoms with Gasteiger partial charge in [-0.25, -0.2) is 0 Å². The maximum Gasteiger partial charge on any atom is 0.0388 e. The van der Waals surface area contributed by atoms with Crippen molar-refractivity contribution in [2.45, 2.75) is 38.8 Å². The summed E-state index contributed by atoms with van der Waals surface area (Å²) in [5.74, 6) is 0.856. The zero-order chi connectivity index (χ0) is 11.5. The van der Waals surface area contributed by atoms with Gasteiger partial charge in [-0.2, -0.15) is 0 Å². The average Bonchev–Trinajstić information content (AvgIpc) is 2.67. The largest absolute Gasteiger partial charge is 0.382 e. The molecule has 1 aromatic carbocycles. The molecule has 0 radical (unpaired) electrons. The van der Waals surface area contributed by atoms with Crippen LogP contribution in [-0.2, 0) is 6.54 Å². The van der Waals surface area contributed by atoms with E-state index in [1.807, 2.05) is 0 Å². The van der Waals surface area contributed by atoms with Gasteiger partial charge in [-0.3, -0.25) is 0 Å². The number of hydrogen-bond donors (Lipinski definition) is 2. The van der Waals surface area contributed by atoms with Gasteiger partial charge in [-0.1, -0.05) is 22.9 Å². The monoisotopic (exact) mass is 282 g/mol. The van der Waals surface area contributed by atoms with Crippen molar-refractivity contribution in [3.05, 3.63) is 28.2 Å². The summed E-state index contributed by atoms with van der Waals surface area (Å²) in [6, 6.07) is 6.91. The van der Waals surface area contributed by atoms with Crippen LogP contribution in [-0.4, -0.2) is 6.04 Å². The molecule has 88 valence electrons. The lowest BCUT2D eigenvalue weighted by molar-refractivity contribution is 0.602. The molecule has 0 aliphatic heterocycles. The highest BCUT2D eigenvalue weighted by Gasteiger charge is 2.21. The van der Waals surface area contributed by atoms with Crippen molar-refractivity contribution in [1.82, 2.24) is 0 Å². The van der Waals surface area contributed by atoms with Gasteiger partial charge in [0.25, 0.3) is 0 Å². The van der Waals surface area contributed by atoms with Crippen LogP contribution in [0.1, 0.15) is 31.7 Å². The average molecular weight is 283 g/mol. The molecule has 0 spiro atoms. The number of anilines is 1. The summed E-state index contributed by atoms with van der Waals surface area (Å²) in [6.45, 7) is 2.91. The Balaban J connectivity index is 2.08. The predicted molar refractivity (Wildman–Crippen MR) is 72.5 cm³/mol. The van der Waals surface area contributed by atoms with Gasteiger partial charge < -0.3 is 11.1 Å². The van der Waals surface area contributed by atoms with E-state index in [9.17, 15) is 0 Å². The molecular formula is C13H19BrN2. The quantitative estimate of drug-likeness (QED) is 0.891. The molecule has 2 nitrogen and oxygen atoms in total. The fourth-order valence-electron chi connectivity index (χ4n) is 2.43. The number of benzene rings is 1. The first-order valence-corrected chi connectivity index (χ1v) is 6.73. The van der Waals surface area contributed by atoms with Gasteiger partial charge in [0.1, 0.15) is 0 Å². The molecule has 1 aromatic rings. The maximum absolute atomic E-state index is 5.76. The lowest BCUT2D eigenvalue weighted by atomic mass is 10.1. The van der Waals surface area contributed by atoms with Crippen molar-refractivity contribution in [2.75, 3.05) is 5.32 Å². The topological polar surface area (TPSA) is 38.0 Å². The Morgan fingerprint density at radius 1 is 1.44 bits per heavy atom. The zero-order valence-corrected chi connectivity index (χ0v) is 11.3. The predicted octanol–water partition coefficient (Wildman–Crippen LogP) is 3.51. The molecule has 1 aliphatic rings. The van der Waals surface area contributed by atoms with Crippen LogP contribution in [0.25, 0.3) is 0 Å². The molecule has 0 bridgehead atoms. The number of rotatable bonds is 3. The van der Waals surface area contributed by atoms with Crippen LogP contribution in [0.4, 0.5) is 5.69 Å². The van der Waals surface area contributed by atoms with Gasteiger partial charge in [0.15, 0.2) is 0 Å². The fourth-order valence-corrected chi connectivity index (χ4v) is 2.84. The van der Waals surface area contributed by atoms with E-state index in [-0.39, 0.29) is 0 Å². The van der Waals surface area contributed by atoms with Crippen molar-refractivity contribution in [2.24, 2.45) is 11.7 Å². The summed E-state index contributed by atoms with van der Waals surface area (Å²) in [7, 11) is 0.